The van der Waals surface area contributed by atoms with Crippen molar-refractivity contribution in [2.45, 2.75) is 6.92 Å². The van der Waals surface area contributed by atoms with Crippen LogP contribution in [0.25, 0.3) is 0 Å². The Morgan fingerprint density at radius 1 is 1.60 bits per heavy atom. The molecule has 1 rings (SSSR count). The number of aromatic nitrogens is 1. The summed E-state index contributed by atoms with van der Waals surface area (Å²) in [4.78, 5) is 6.08. The van der Waals surface area contributed by atoms with Crippen LogP contribution >= 0.6 is 0 Å². The van der Waals surface area contributed by atoms with Gasteiger partial charge in [-0.15, -0.1) is 0 Å². The highest BCUT2D eigenvalue weighted by Crippen LogP contribution is 2.13. The van der Waals surface area contributed by atoms with Crippen molar-refractivity contribution in [1.82, 2.24) is 4.98 Å². The summed E-state index contributed by atoms with van der Waals surface area (Å²) >= 11 is 0. The van der Waals surface area contributed by atoms with Gasteiger partial charge in [-0.25, -0.2) is 4.98 Å². The van der Waals surface area contributed by atoms with E-state index in [4.69, 9.17) is 10.00 Å². The molecule has 0 spiro atoms. The third kappa shape index (κ3) is 3.22. The number of hydrogen-bond acceptors (Lipinski definition) is 4. The monoisotopic (exact) mass is 205 g/mol. The van der Waals surface area contributed by atoms with Crippen molar-refractivity contribution in [3.63, 3.8) is 0 Å². The number of nitrogens with zero attached hydrogens (tertiary/aromatic N) is 3. The van der Waals surface area contributed by atoms with Crippen molar-refractivity contribution in [2.24, 2.45) is 0 Å². The number of pyridine rings is 1. The second-order valence-electron chi connectivity index (χ2n) is 3.08. The molecule has 0 N–H and O–H groups in total. The van der Waals surface area contributed by atoms with Crippen LogP contribution in [0.4, 0.5) is 5.69 Å². The molecule has 80 valence electrons. The van der Waals surface area contributed by atoms with Crippen LogP contribution in [0.15, 0.2) is 18.3 Å². The Kier molecular flexibility index (Phi) is 4.58. The Labute approximate surface area is 90.1 Å². The van der Waals surface area contributed by atoms with E-state index in [9.17, 15) is 0 Å². The number of rotatable bonds is 5. The first kappa shape index (κ1) is 11.5. The molecular formula is C11H15N3O. The molecule has 0 aliphatic rings. The minimum atomic E-state index is 0.448. The molecule has 1 aromatic heterocycles. The molecule has 1 heterocycles. The Morgan fingerprint density at radius 3 is 3.00 bits per heavy atom. The molecule has 0 aliphatic heterocycles. The van der Waals surface area contributed by atoms with Gasteiger partial charge in [-0.3, -0.25) is 0 Å². The van der Waals surface area contributed by atoms with E-state index in [1.165, 1.54) is 0 Å². The summed E-state index contributed by atoms with van der Waals surface area (Å²) in [6, 6.07) is 5.73. The zero-order valence-electron chi connectivity index (χ0n) is 9.10. The lowest BCUT2D eigenvalue weighted by atomic mass is 10.3. The average molecular weight is 205 g/mol. The van der Waals surface area contributed by atoms with Gasteiger partial charge in [0.25, 0.3) is 0 Å². The molecule has 0 bridgehead atoms. The summed E-state index contributed by atoms with van der Waals surface area (Å²) in [5.74, 6) is 0. The van der Waals surface area contributed by atoms with E-state index in [1.54, 1.807) is 19.4 Å². The second-order valence-corrected chi connectivity index (χ2v) is 3.08. The molecule has 1 aromatic rings. The quantitative estimate of drug-likeness (QED) is 0.729. The van der Waals surface area contributed by atoms with E-state index >= 15 is 0 Å². The highest BCUT2D eigenvalue weighted by Gasteiger charge is 2.04. The van der Waals surface area contributed by atoms with Crippen LogP contribution in [0.5, 0.6) is 0 Å². The second kappa shape index (κ2) is 5.99. The molecule has 0 aliphatic carbocycles. The zero-order valence-corrected chi connectivity index (χ0v) is 9.10. The minimum absolute atomic E-state index is 0.448. The van der Waals surface area contributed by atoms with E-state index in [0.717, 1.165) is 18.8 Å². The van der Waals surface area contributed by atoms with E-state index in [2.05, 4.69) is 16.8 Å². The number of hydrogen-bond donors (Lipinski definition) is 0. The normalized spacial score (nSPS) is 9.67. The molecule has 0 radical (unpaired) electrons. The summed E-state index contributed by atoms with van der Waals surface area (Å²) in [7, 11) is 1.68. The van der Waals surface area contributed by atoms with Crippen LogP contribution in [0.3, 0.4) is 0 Å². The van der Waals surface area contributed by atoms with Gasteiger partial charge in [-0.1, -0.05) is 0 Å². The maximum absolute atomic E-state index is 8.74. The van der Waals surface area contributed by atoms with Crippen LogP contribution < -0.4 is 4.90 Å². The Bertz CT molecular complexity index is 346. The van der Waals surface area contributed by atoms with E-state index in [1.807, 2.05) is 12.1 Å². The fourth-order valence-electron chi connectivity index (χ4n) is 1.35. The lowest BCUT2D eigenvalue weighted by Crippen LogP contribution is -2.26. The summed E-state index contributed by atoms with van der Waals surface area (Å²) in [5.41, 5.74) is 1.46. The molecule has 0 atom stereocenters. The van der Waals surface area contributed by atoms with Crippen LogP contribution in [0.1, 0.15) is 12.6 Å². The summed E-state index contributed by atoms with van der Waals surface area (Å²) < 4.78 is 5.03. The number of ether oxygens (including phenoxy) is 1. The van der Waals surface area contributed by atoms with Crippen LogP contribution in [0.2, 0.25) is 0 Å². The molecule has 0 amide bonds. The average Bonchev–Trinajstić information content (AvgIpc) is 2.30. The molecule has 0 saturated carbocycles. The van der Waals surface area contributed by atoms with Crippen molar-refractivity contribution in [2.75, 3.05) is 31.7 Å². The first-order chi connectivity index (χ1) is 7.31. The predicted molar refractivity (Wildman–Crippen MR) is 58.7 cm³/mol. The van der Waals surface area contributed by atoms with Crippen molar-refractivity contribution in [1.29, 1.82) is 5.26 Å². The van der Waals surface area contributed by atoms with Gasteiger partial charge < -0.3 is 9.64 Å². The molecule has 0 aromatic carbocycles. The third-order valence-corrected chi connectivity index (χ3v) is 2.17. The fourth-order valence-corrected chi connectivity index (χ4v) is 1.35. The van der Waals surface area contributed by atoms with Gasteiger partial charge in [0.05, 0.1) is 6.61 Å². The number of methoxy groups -OCH3 is 1. The molecule has 15 heavy (non-hydrogen) atoms. The van der Waals surface area contributed by atoms with E-state index in [0.29, 0.717) is 12.3 Å². The summed E-state index contributed by atoms with van der Waals surface area (Å²) in [6.07, 6.45) is 1.66. The Balaban J connectivity index is 2.78. The SMILES string of the molecule is CCN(CCOC)c1ccnc(C#N)c1. The molecule has 4 nitrogen and oxygen atoms in total. The smallest absolute Gasteiger partial charge is 0.142 e. The van der Waals surface area contributed by atoms with Crippen molar-refractivity contribution >= 4 is 5.69 Å². The lowest BCUT2D eigenvalue weighted by molar-refractivity contribution is 0.205. The van der Waals surface area contributed by atoms with Crippen molar-refractivity contribution in [3.8, 4) is 6.07 Å². The molecular weight excluding hydrogens is 190 g/mol. The summed E-state index contributed by atoms with van der Waals surface area (Å²) in [6.45, 7) is 4.46. The van der Waals surface area contributed by atoms with Crippen LogP contribution in [0, 0.1) is 11.3 Å². The first-order valence-corrected chi connectivity index (χ1v) is 4.91. The maximum atomic E-state index is 8.74. The van der Waals surface area contributed by atoms with Crippen molar-refractivity contribution in [3.05, 3.63) is 24.0 Å². The fraction of sp³-hybridized carbons (Fsp3) is 0.455. The van der Waals surface area contributed by atoms with Gasteiger partial charge in [0.15, 0.2) is 0 Å². The zero-order chi connectivity index (χ0) is 11.1. The topological polar surface area (TPSA) is 49.1 Å². The molecule has 0 unspecified atom stereocenters. The number of likely N-dealkylation sites (N-methyl/N-ethyl adjacent to an activating group) is 1. The van der Waals surface area contributed by atoms with Gasteiger partial charge in [0.1, 0.15) is 11.8 Å². The molecule has 0 fully saturated rings. The third-order valence-electron chi connectivity index (χ3n) is 2.17. The molecule has 0 saturated heterocycles. The standard InChI is InChI=1S/C11H15N3O/c1-3-14(6-7-15-2)11-4-5-13-10(8-11)9-12/h4-5,8H,3,6-7H2,1-2H3. The van der Waals surface area contributed by atoms with Gasteiger partial charge >= 0.3 is 0 Å². The van der Waals surface area contributed by atoms with Crippen molar-refractivity contribution < 1.29 is 4.74 Å². The van der Waals surface area contributed by atoms with Crippen LogP contribution in [-0.4, -0.2) is 31.8 Å². The van der Waals surface area contributed by atoms with Gasteiger partial charge in [-0.2, -0.15) is 5.26 Å². The van der Waals surface area contributed by atoms with Crippen LogP contribution in [-0.2, 0) is 4.74 Å². The Hall–Kier alpha value is -1.60. The lowest BCUT2D eigenvalue weighted by Gasteiger charge is -2.22. The largest absolute Gasteiger partial charge is 0.383 e. The van der Waals surface area contributed by atoms with Gasteiger partial charge in [0, 0.05) is 32.1 Å². The van der Waals surface area contributed by atoms with E-state index < -0.39 is 0 Å². The number of nitriles is 1. The van der Waals surface area contributed by atoms with E-state index in [-0.39, 0.29) is 0 Å². The highest BCUT2D eigenvalue weighted by atomic mass is 16.5. The highest BCUT2D eigenvalue weighted by molar-refractivity contribution is 5.48. The first-order valence-electron chi connectivity index (χ1n) is 4.91. The molecule has 4 heteroatoms. The Morgan fingerprint density at radius 2 is 2.40 bits per heavy atom. The minimum Gasteiger partial charge on any atom is -0.383 e. The summed E-state index contributed by atoms with van der Waals surface area (Å²) in [5, 5.41) is 8.74. The predicted octanol–water partition coefficient (Wildman–Crippen LogP) is 1.43. The van der Waals surface area contributed by atoms with Gasteiger partial charge in [0.2, 0.25) is 0 Å². The maximum Gasteiger partial charge on any atom is 0.142 e. The van der Waals surface area contributed by atoms with Gasteiger partial charge in [-0.05, 0) is 19.1 Å². The number of anilines is 1.